The van der Waals surface area contributed by atoms with Crippen LogP contribution in [-0.4, -0.2) is 37.5 Å². The predicted octanol–water partition coefficient (Wildman–Crippen LogP) is 0.0890. The SMILES string of the molecule is CC(=O)N(C)CC1CC[N]C1. The summed E-state index contributed by atoms with van der Waals surface area (Å²) in [5, 5.41) is 4.24. The topological polar surface area (TPSA) is 34.4 Å². The van der Waals surface area contributed by atoms with Gasteiger partial charge in [0.15, 0.2) is 0 Å². The van der Waals surface area contributed by atoms with Crippen molar-refractivity contribution >= 4 is 5.91 Å². The molecule has 0 bridgehead atoms. The van der Waals surface area contributed by atoms with Gasteiger partial charge in [-0.3, -0.25) is 4.79 Å². The van der Waals surface area contributed by atoms with Crippen LogP contribution in [0.3, 0.4) is 0 Å². The largest absolute Gasteiger partial charge is 0.346 e. The van der Waals surface area contributed by atoms with E-state index < -0.39 is 0 Å². The highest BCUT2D eigenvalue weighted by atomic mass is 16.2. The summed E-state index contributed by atoms with van der Waals surface area (Å²) >= 11 is 0. The average molecular weight is 155 g/mol. The van der Waals surface area contributed by atoms with Crippen LogP contribution in [-0.2, 0) is 4.79 Å². The van der Waals surface area contributed by atoms with Crippen molar-refractivity contribution in [3.05, 3.63) is 0 Å². The molecule has 1 saturated heterocycles. The summed E-state index contributed by atoms with van der Waals surface area (Å²) in [6.45, 7) is 4.40. The van der Waals surface area contributed by atoms with Crippen molar-refractivity contribution in [3.8, 4) is 0 Å². The maximum Gasteiger partial charge on any atom is 0.219 e. The molecule has 1 radical (unpaired) electrons. The fourth-order valence-corrected chi connectivity index (χ4v) is 1.30. The van der Waals surface area contributed by atoms with Gasteiger partial charge in [0.2, 0.25) is 5.91 Å². The first kappa shape index (κ1) is 8.53. The first-order valence-electron chi connectivity index (χ1n) is 4.05. The maximum atomic E-state index is 10.8. The van der Waals surface area contributed by atoms with E-state index in [1.165, 1.54) is 0 Å². The Labute approximate surface area is 67.8 Å². The van der Waals surface area contributed by atoms with Gasteiger partial charge in [0.1, 0.15) is 0 Å². The molecule has 1 heterocycles. The number of carbonyl (C=O) groups is 1. The van der Waals surface area contributed by atoms with Gasteiger partial charge in [-0.25, -0.2) is 5.32 Å². The molecule has 1 aliphatic heterocycles. The van der Waals surface area contributed by atoms with E-state index in [2.05, 4.69) is 5.32 Å². The summed E-state index contributed by atoms with van der Waals surface area (Å²) in [6.07, 6.45) is 1.15. The van der Waals surface area contributed by atoms with E-state index in [4.69, 9.17) is 0 Å². The molecular formula is C8H15N2O. The molecule has 1 fully saturated rings. The van der Waals surface area contributed by atoms with E-state index in [0.29, 0.717) is 5.92 Å². The van der Waals surface area contributed by atoms with Gasteiger partial charge in [0.05, 0.1) is 0 Å². The molecule has 1 unspecified atom stereocenters. The van der Waals surface area contributed by atoms with Gasteiger partial charge in [-0.1, -0.05) is 0 Å². The lowest BCUT2D eigenvalue weighted by molar-refractivity contribution is -0.128. The third kappa shape index (κ3) is 2.50. The van der Waals surface area contributed by atoms with E-state index in [0.717, 1.165) is 26.1 Å². The van der Waals surface area contributed by atoms with Crippen LogP contribution >= 0.6 is 0 Å². The quantitative estimate of drug-likeness (QED) is 0.556. The van der Waals surface area contributed by atoms with E-state index in [-0.39, 0.29) is 5.91 Å². The van der Waals surface area contributed by atoms with Crippen LogP contribution in [0.1, 0.15) is 13.3 Å². The Bertz CT molecular complexity index is 141. The van der Waals surface area contributed by atoms with Crippen molar-refractivity contribution < 1.29 is 4.79 Å². The molecule has 0 spiro atoms. The zero-order valence-corrected chi connectivity index (χ0v) is 7.21. The number of carbonyl (C=O) groups excluding carboxylic acids is 1. The minimum absolute atomic E-state index is 0.150. The molecule has 11 heavy (non-hydrogen) atoms. The van der Waals surface area contributed by atoms with Gasteiger partial charge < -0.3 is 4.90 Å². The number of nitrogens with zero attached hydrogens (tertiary/aromatic N) is 2. The van der Waals surface area contributed by atoms with Crippen molar-refractivity contribution in [2.24, 2.45) is 5.92 Å². The standard InChI is InChI=1S/C8H15N2O/c1-7(11)10(2)6-8-3-4-9-5-8/h8H,3-6H2,1-2H3. The van der Waals surface area contributed by atoms with Crippen LogP contribution in [0, 0.1) is 5.92 Å². The number of hydrogen-bond acceptors (Lipinski definition) is 1. The highest BCUT2D eigenvalue weighted by molar-refractivity contribution is 5.72. The molecule has 63 valence electrons. The Morgan fingerprint density at radius 1 is 1.73 bits per heavy atom. The normalized spacial score (nSPS) is 23.6. The summed E-state index contributed by atoms with van der Waals surface area (Å²) in [6, 6.07) is 0. The van der Waals surface area contributed by atoms with Crippen LogP contribution in [0.25, 0.3) is 0 Å². The van der Waals surface area contributed by atoms with Crippen molar-refractivity contribution in [1.29, 1.82) is 0 Å². The molecular weight excluding hydrogens is 140 g/mol. The highest BCUT2D eigenvalue weighted by Crippen LogP contribution is 2.09. The van der Waals surface area contributed by atoms with Gasteiger partial charge >= 0.3 is 0 Å². The summed E-state index contributed by atoms with van der Waals surface area (Å²) in [5.74, 6) is 0.765. The Morgan fingerprint density at radius 2 is 2.45 bits per heavy atom. The Morgan fingerprint density at radius 3 is 2.91 bits per heavy atom. The van der Waals surface area contributed by atoms with Crippen LogP contribution in [0.2, 0.25) is 0 Å². The summed E-state index contributed by atoms with van der Waals surface area (Å²) < 4.78 is 0. The van der Waals surface area contributed by atoms with Gasteiger partial charge in [-0.2, -0.15) is 0 Å². The second-order valence-electron chi connectivity index (χ2n) is 3.18. The number of amides is 1. The Kier molecular flexibility index (Phi) is 2.88. The molecule has 1 aliphatic rings. The molecule has 0 aliphatic carbocycles. The van der Waals surface area contributed by atoms with E-state index >= 15 is 0 Å². The third-order valence-electron chi connectivity index (χ3n) is 2.15. The zero-order chi connectivity index (χ0) is 8.27. The van der Waals surface area contributed by atoms with Crippen molar-refractivity contribution in [2.75, 3.05) is 26.7 Å². The Hall–Kier alpha value is -0.570. The van der Waals surface area contributed by atoms with Crippen molar-refractivity contribution in [2.45, 2.75) is 13.3 Å². The van der Waals surface area contributed by atoms with Gasteiger partial charge in [-0.15, -0.1) is 0 Å². The van der Waals surface area contributed by atoms with Crippen LogP contribution in [0.15, 0.2) is 0 Å². The zero-order valence-electron chi connectivity index (χ0n) is 7.21. The molecule has 0 aromatic rings. The van der Waals surface area contributed by atoms with Gasteiger partial charge in [0.25, 0.3) is 0 Å². The number of rotatable bonds is 2. The lowest BCUT2D eigenvalue weighted by atomic mass is 10.1. The third-order valence-corrected chi connectivity index (χ3v) is 2.15. The molecule has 0 aromatic carbocycles. The Balaban J connectivity index is 2.23. The van der Waals surface area contributed by atoms with Gasteiger partial charge in [0, 0.05) is 33.6 Å². The predicted molar refractivity (Wildman–Crippen MR) is 43.3 cm³/mol. The maximum absolute atomic E-state index is 10.8. The van der Waals surface area contributed by atoms with E-state index in [9.17, 15) is 4.79 Å². The molecule has 0 saturated carbocycles. The smallest absolute Gasteiger partial charge is 0.219 e. The van der Waals surface area contributed by atoms with Crippen molar-refractivity contribution in [3.63, 3.8) is 0 Å². The molecule has 3 nitrogen and oxygen atoms in total. The molecule has 1 rings (SSSR count). The monoisotopic (exact) mass is 155 g/mol. The van der Waals surface area contributed by atoms with E-state index in [1.54, 1.807) is 11.8 Å². The first-order valence-corrected chi connectivity index (χ1v) is 4.05. The fourth-order valence-electron chi connectivity index (χ4n) is 1.30. The van der Waals surface area contributed by atoms with Gasteiger partial charge in [-0.05, 0) is 12.3 Å². The second kappa shape index (κ2) is 3.72. The summed E-state index contributed by atoms with van der Waals surface area (Å²) in [5.41, 5.74) is 0. The molecule has 1 amide bonds. The van der Waals surface area contributed by atoms with Crippen LogP contribution in [0.4, 0.5) is 0 Å². The fraction of sp³-hybridized carbons (Fsp3) is 0.875. The highest BCUT2D eigenvalue weighted by Gasteiger charge is 2.17. The minimum Gasteiger partial charge on any atom is -0.346 e. The van der Waals surface area contributed by atoms with Crippen LogP contribution < -0.4 is 5.32 Å². The lowest BCUT2D eigenvalue weighted by Crippen LogP contribution is -2.30. The summed E-state index contributed by atoms with van der Waals surface area (Å²) in [4.78, 5) is 12.6. The minimum atomic E-state index is 0.150. The van der Waals surface area contributed by atoms with Crippen molar-refractivity contribution in [1.82, 2.24) is 10.2 Å². The summed E-state index contributed by atoms with van der Waals surface area (Å²) in [7, 11) is 1.85. The average Bonchev–Trinajstić information content (AvgIpc) is 2.39. The molecule has 0 aromatic heterocycles. The molecule has 0 N–H and O–H groups in total. The molecule has 3 heteroatoms. The first-order chi connectivity index (χ1) is 5.20. The molecule has 1 atom stereocenters. The van der Waals surface area contributed by atoms with E-state index in [1.807, 2.05) is 7.05 Å². The second-order valence-corrected chi connectivity index (χ2v) is 3.18. The number of hydrogen-bond donors (Lipinski definition) is 0. The lowest BCUT2D eigenvalue weighted by Gasteiger charge is -2.18. The van der Waals surface area contributed by atoms with Crippen LogP contribution in [0.5, 0.6) is 0 Å².